The summed E-state index contributed by atoms with van der Waals surface area (Å²) in [6.45, 7) is 0.501. The Balaban J connectivity index is 1.63. The maximum atomic E-state index is 13.2. The number of halogens is 1. The Morgan fingerprint density at radius 3 is 2.15 bits per heavy atom. The molecule has 6 heteroatoms. The largest absolute Gasteiger partial charge is 0.244 e. The number of nitrogens with zero attached hydrogens (tertiary/aromatic N) is 1. The lowest BCUT2D eigenvalue weighted by Crippen LogP contribution is -2.30. The molecule has 0 amide bonds. The minimum absolute atomic E-state index is 0.221. The Bertz CT molecular complexity index is 1020. The van der Waals surface area contributed by atoms with Gasteiger partial charge in [0.05, 0.1) is 10.3 Å². The second-order valence-electron chi connectivity index (χ2n) is 6.28. The highest BCUT2D eigenvalue weighted by molar-refractivity contribution is 8.01. The van der Waals surface area contributed by atoms with Gasteiger partial charge in [0.15, 0.2) is 0 Å². The number of thioether (sulfide) groups is 1. The van der Waals surface area contributed by atoms with Gasteiger partial charge in [-0.15, -0.1) is 11.8 Å². The van der Waals surface area contributed by atoms with Crippen molar-refractivity contribution < 1.29 is 8.42 Å². The molecule has 1 atom stereocenters. The zero-order chi connectivity index (χ0) is 18.9. The van der Waals surface area contributed by atoms with Crippen molar-refractivity contribution in [1.82, 2.24) is 4.31 Å². The summed E-state index contributed by atoms with van der Waals surface area (Å²) in [6, 6.07) is 24.4. The maximum Gasteiger partial charge on any atom is 0.244 e. The molecule has 0 saturated carbocycles. The maximum absolute atomic E-state index is 13.2. The van der Waals surface area contributed by atoms with E-state index in [4.69, 9.17) is 11.6 Å². The van der Waals surface area contributed by atoms with E-state index >= 15 is 0 Å². The third kappa shape index (κ3) is 3.78. The summed E-state index contributed by atoms with van der Waals surface area (Å²) in [6.07, 6.45) is 0. The van der Waals surface area contributed by atoms with Crippen molar-refractivity contribution in [3.05, 3.63) is 89.4 Å². The van der Waals surface area contributed by atoms with Crippen molar-refractivity contribution in [2.45, 2.75) is 10.3 Å². The number of sulfonamides is 1. The minimum atomic E-state index is -3.57. The van der Waals surface area contributed by atoms with Crippen LogP contribution in [0.4, 0.5) is 0 Å². The molecule has 4 rings (SSSR count). The first kappa shape index (κ1) is 18.6. The first-order valence-electron chi connectivity index (χ1n) is 8.60. The molecule has 1 aliphatic heterocycles. The van der Waals surface area contributed by atoms with Gasteiger partial charge in [0.1, 0.15) is 0 Å². The summed E-state index contributed by atoms with van der Waals surface area (Å²) in [7, 11) is -3.57. The average molecular weight is 416 g/mol. The molecule has 0 aliphatic carbocycles. The van der Waals surface area contributed by atoms with Gasteiger partial charge in [0, 0.05) is 17.3 Å². The van der Waals surface area contributed by atoms with Crippen molar-refractivity contribution in [1.29, 1.82) is 0 Å². The van der Waals surface area contributed by atoms with Gasteiger partial charge in [-0.25, -0.2) is 8.42 Å². The molecule has 138 valence electrons. The van der Waals surface area contributed by atoms with Crippen LogP contribution in [0.3, 0.4) is 0 Å². The van der Waals surface area contributed by atoms with E-state index < -0.39 is 10.0 Å². The van der Waals surface area contributed by atoms with Crippen LogP contribution in [0.2, 0.25) is 5.02 Å². The molecule has 1 saturated heterocycles. The monoisotopic (exact) mass is 415 g/mol. The summed E-state index contributed by atoms with van der Waals surface area (Å²) >= 11 is 7.60. The fourth-order valence-corrected chi connectivity index (χ4v) is 6.54. The van der Waals surface area contributed by atoms with Gasteiger partial charge in [0.25, 0.3) is 0 Å². The van der Waals surface area contributed by atoms with Crippen molar-refractivity contribution in [3.63, 3.8) is 0 Å². The van der Waals surface area contributed by atoms with E-state index in [-0.39, 0.29) is 5.37 Å². The Morgan fingerprint density at radius 1 is 0.852 bits per heavy atom. The highest BCUT2D eigenvalue weighted by Gasteiger charge is 2.36. The van der Waals surface area contributed by atoms with E-state index in [1.54, 1.807) is 40.3 Å². The molecule has 0 aromatic heterocycles. The number of benzene rings is 3. The van der Waals surface area contributed by atoms with Gasteiger partial charge in [0.2, 0.25) is 10.0 Å². The molecule has 3 aromatic carbocycles. The zero-order valence-corrected chi connectivity index (χ0v) is 16.8. The predicted octanol–water partition coefficient (Wildman–Crippen LogP) is 5.44. The molecule has 0 spiro atoms. The van der Waals surface area contributed by atoms with Crippen LogP contribution in [0.15, 0.2) is 83.8 Å². The summed E-state index contributed by atoms with van der Waals surface area (Å²) in [5.41, 5.74) is 3.02. The molecule has 0 unspecified atom stereocenters. The molecular weight excluding hydrogens is 398 g/mol. The van der Waals surface area contributed by atoms with E-state index in [1.165, 1.54) is 0 Å². The van der Waals surface area contributed by atoms with Crippen LogP contribution in [-0.4, -0.2) is 25.0 Å². The highest BCUT2D eigenvalue weighted by Crippen LogP contribution is 2.41. The van der Waals surface area contributed by atoms with Gasteiger partial charge in [-0.3, -0.25) is 0 Å². The number of rotatable bonds is 4. The first-order valence-corrected chi connectivity index (χ1v) is 11.5. The van der Waals surface area contributed by atoms with Crippen LogP contribution in [-0.2, 0) is 10.0 Å². The lowest BCUT2D eigenvalue weighted by atomic mass is 10.1. The topological polar surface area (TPSA) is 37.4 Å². The quantitative estimate of drug-likeness (QED) is 0.569. The summed E-state index contributed by atoms with van der Waals surface area (Å²) in [5, 5.41) is 0.425. The van der Waals surface area contributed by atoms with Crippen molar-refractivity contribution in [2.75, 3.05) is 12.3 Å². The lowest BCUT2D eigenvalue weighted by Gasteiger charge is -2.23. The van der Waals surface area contributed by atoms with Gasteiger partial charge in [-0.05, 0) is 41.0 Å². The second kappa shape index (κ2) is 7.68. The number of hydrogen-bond acceptors (Lipinski definition) is 3. The van der Waals surface area contributed by atoms with Crippen LogP contribution in [0.25, 0.3) is 11.1 Å². The fourth-order valence-electron chi connectivity index (χ4n) is 3.18. The molecule has 0 bridgehead atoms. The Kier molecular flexibility index (Phi) is 5.28. The lowest BCUT2D eigenvalue weighted by molar-refractivity contribution is 0.434. The first-order chi connectivity index (χ1) is 13.1. The van der Waals surface area contributed by atoms with E-state index in [9.17, 15) is 8.42 Å². The smallest absolute Gasteiger partial charge is 0.207 e. The van der Waals surface area contributed by atoms with Crippen molar-refractivity contribution >= 4 is 33.4 Å². The molecule has 0 radical (unpaired) electrons. The Morgan fingerprint density at radius 2 is 1.48 bits per heavy atom. The molecule has 3 nitrogen and oxygen atoms in total. The van der Waals surface area contributed by atoms with Crippen LogP contribution in [0.5, 0.6) is 0 Å². The third-order valence-electron chi connectivity index (χ3n) is 4.57. The molecule has 0 N–H and O–H groups in total. The number of hydrogen-bond donors (Lipinski definition) is 0. The van der Waals surface area contributed by atoms with Gasteiger partial charge >= 0.3 is 0 Å². The van der Waals surface area contributed by atoms with E-state index in [2.05, 4.69) is 0 Å². The van der Waals surface area contributed by atoms with Crippen molar-refractivity contribution in [2.24, 2.45) is 0 Å². The Labute approximate surface area is 169 Å². The predicted molar refractivity (Wildman–Crippen MR) is 112 cm³/mol. The van der Waals surface area contributed by atoms with Crippen LogP contribution >= 0.6 is 23.4 Å². The van der Waals surface area contributed by atoms with Gasteiger partial charge < -0.3 is 0 Å². The fraction of sp³-hybridized carbons (Fsp3) is 0.143. The van der Waals surface area contributed by atoms with Gasteiger partial charge in [-0.2, -0.15) is 4.31 Å². The average Bonchev–Trinajstić information content (AvgIpc) is 3.20. The summed E-state index contributed by atoms with van der Waals surface area (Å²) in [4.78, 5) is 0.323. The third-order valence-corrected chi connectivity index (χ3v) is 8.10. The molecule has 1 aliphatic rings. The van der Waals surface area contributed by atoms with Crippen LogP contribution in [0, 0.1) is 0 Å². The highest BCUT2D eigenvalue weighted by atomic mass is 35.5. The zero-order valence-electron chi connectivity index (χ0n) is 14.5. The standard InChI is InChI=1S/C21H18ClNO2S2/c22-19-10-6-18(7-11-19)21-23(14-15-26-21)27(24,25)20-12-8-17(9-13-20)16-4-2-1-3-5-16/h1-13,21H,14-15H2/t21-/m0/s1. The van der Waals surface area contributed by atoms with Crippen molar-refractivity contribution in [3.8, 4) is 11.1 Å². The summed E-state index contributed by atoms with van der Waals surface area (Å²) in [5.74, 6) is 0.772. The molecule has 27 heavy (non-hydrogen) atoms. The molecular formula is C21H18ClNO2S2. The van der Waals surface area contributed by atoms with Gasteiger partial charge in [-0.1, -0.05) is 66.2 Å². The molecule has 3 aromatic rings. The van der Waals surface area contributed by atoms with E-state index in [0.717, 1.165) is 22.4 Å². The van der Waals surface area contributed by atoms with E-state index in [1.807, 2.05) is 54.6 Å². The minimum Gasteiger partial charge on any atom is -0.207 e. The van der Waals surface area contributed by atoms with E-state index in [0.29, 0.717) is 16.5 Å². The normalized spacial score (nSPS) is 17.9. The summed E-state index contributed by atoms with van der Waals surface area (Å²) < 4.78 is 28.0. The Hall–Kier alpha value is -1.79. The molecule has 1 fully saturated rings. The van der Waals surface area contributed by atoms with Crippen LogP contribution < -0.4 is 0 Å². The second-order valence-corrected chi connectivity index (χ2v) is 9.80. The van der Waals surface area contributed by atoms with Crippen LogP contribution in [0.1, 0.15) is 10.9 Å². The SMILES string of the molecule is O=S(=O)(c1ccc(-c2ccccc2)cc1)N1CCS[C@H]1c1ccc(Cl)cc1. The molecule has 1 heterocycles.